The third-order valence-corrected chi connectivity index (χ3v) is 4.45. The minimum Gasteiger partial charge on any atom is -0.497 e. The van der Waals surface area contributed by atoms with Crippen LogP contribution < -0.4 is 15.0 Å². The number of anilines is 1. The molecular weight excluding hydrogens is 304 g/mol. The number of rotatable bonds is 3. The molecule has 2 atom stereocenters. The Bertz CT molecular complexity index is 436. The normalized spacial score (nSPS) is 23.8. The van der Waals surface area contributed by atoms with Crippen LogP contribution in [-0.4, -0.2) is 32.3 Å². The monoisotopic (exact) mass is 326 g/mol. The topological polar surface area (TPSA) is 24.5 Å². The van der Waals surface area contributed by atoms with Crippen LogP contribution in [-0.2, 0) is 0 Å². The fourth-order valence-corrected chi connectivity index (χ4v) is 3.11. The summed E-state index contributed by atoms with van der Waals surface area (Å²) in [5, 5.41) is 3.57. The zero-order valence-electron chi connectivity index (χ0n) is 12.1. The van der Waals surface area contributed by atoms with Crippen molar-refractivity contribution in [2.45, 2.75) is 32.9 Å². The van der Waals surface area contributed by atoms with Crippen molar-refractivity contribution in [1.82, 2.24) is 5.32 Å². The SMILES string of the molecule is COc1ccc(Br)c(N2CC(C)NCC2C(C)C)c1. The van der Waals surface area contributed by atoms with Gasteiger partial charge in [-0.05, 0) is 40.9 Å². The zero-order chi connectivity index (χ0) is 14.0. The summed E-state index contributed by atoms with van der Waals surface area (Å²) in [6.45, 7) is 8.85. The number of nitrogens with one attached hydrogen (secondary N) is 1. The van der Waals surface area contributed by atoms with Crippen LogP contribution >= 0.6 is 15.9 Å². The van der Waals surface area contributed by atoms with E-state index in [4.69, 9.17) is 4.74 Å². The van der Waals surface area contributed by atoms with Gasteiger partial charge in [0.25, 0.3) is 0 Å². The second-order valence-corrected chi connectivity index (χ2v) is 6.44. The van der Waals surface area contributed by atoms with E-state index in [1.54, 1.807) is 7.11 Å². The molecule has 0 radical (unpaired) electrons. The third kappa shape index (κ3) is 3.23. The fourth-order valence-electron chi connectivity index (χ4n) is 2.64. The van der Waals surface area contributed by atoms with Crippen LogP contribution in [0.3, 0.4) is 0 Å². The molecule has 1 aliphatic heterocycles. The van der Waals surface area contributed by atoms with Crippen molar-refractivity contribution in [3.05, 3.63) is 22.7 Å². The zero-order valence-corrected chi connectivity index (χ0v) is 13.7. The van der Waals surface area contributed by atoms with Gasteiger partial charge in [0.1, 0.15) is 5.75 Å². The number of piperazine rings is 1. The number of nitrogens with zero attached hydrogens (tertiary/aromatic N) is 1. The number of hydrogen-bond donors (Lipinski definition) is 1. The molecule has 1 saturated heterocycles. The summed E-state index contributed by atoms with van der Waals surface area (Å²) in [4.78, 5) is 2.50. The first-order chi connectivity index (χ1) is 9.02. The Hall–Kier alpha value is -0.740. The van der Waals surface area contributed by atoms with Crippen molar-refractivity contribution in [2.24, 2.45) is 5.92 Å². The lowest BCUT2D eigenvalue weighted by molar-refractivity contribution is 0.348. The standard InChI is InChI=1S/C15H23BrN2O/c1-10(2)15-8-17-11(3)9-18(15)14-7-12(19-4)5-6-13(14)16/h5-7,10-11,15,17H,8-9H2,1-4H3. The molecule has 1 heterocycles. The predicted molar refractivity (Wildman–Crippen MR) is 84.1 cm³/mol. The largest absolute Gasteiger partial charge is 0.497 e. The number of benzene rings is 1. The van der Waals surface area contributed by atoms with Crippen molar-refractivity contribution in [2.75, 3.05) is 25.1 Å². The van der Waals surface area contributed by atoms with Crippen molar-refractivity contribution in [1.29, 1.82) is 0 Å². The second kappa shape index (κ2) is 6.14. The molecule has 0 saturated carbocycles. The van der Waals surface area contributed by atoms with Gasteiger partial charge in [-0.2, -0.15) is 0 Å². The van der Waals surface area contributed by atoms with Crippen molar-refractivity contribution in [3.63, 3.8) is 0 Å². The van der Waals surface area contributed by atoms with Gasteiger partial charge in [-0.3, -0.25) is 0 Å². The van der Waals surface area contributed by atoms with Crippen LogP contribution in [0.2, 0.25) is 0 Å². The van der Waals surface area contributed by atoms with Gasteiger partial charge in [-0.1, -0.05) is 13.8 Å². The highest BCUT2D eigenvalue weighted by molar-refractivity contribution is 9.10. The fraction of sp³-hybridized carbons (Fsp3) is 0.600. The molecule has 1 N–H and O–H groups in total. The lowest BCUT2D eigenvalue weighted by atomic mass is 9.98. The lowest BCUT2D eigenvalue weighted by Crippen LogP contribution is -2.57. The molecule has 106 valence electrons. The van der Waals surface area contributed by atoms with Gasteiger partial charge in [0.2, 0.25) is 0 Å². The Morgan fingerprint density at radius 2 is 2.16 bits per heavy atom. The molecule has 19 heavy (non-hydrogen) atoms. The maximum Gasteiger partial charge on any atom is 0.121 e. The molecule has 4 heteroatoms. The maximum absolute atomic E-state index is 5.36. The van der Waals surface area contributed by atoms with E-state index in [-0.39, 0.29) is 0 Å². The Kier molecular flexibility index (Phi) is 4.74. The molecule has 2 unspecified atom stereocenters. The van der Waals surface area contributed by atoms with Crippen LogP contribution in [0.25, 0.3) is 0 Å². The van der Waals surface area contributed by atoms with Crippen LogP contribution in [0.15, 0.2) is 22.7 Å². The van der Waals surface area contributed by atoms with Crippen LogP contribution in [0, 0.1) is 5.92 Å². The molecular formula is C15H23BrN2O. The number of methoxy groups -OCH3 is 1. The van der Waals surface area contributed by atoms with Gasteiger partial charge in [0, 0.05) is 35.7 Å². The molecule has 0 spiro atoms. The number of hydrogen-bond acceptors (Lipinski definition) is 3. The van der Waals surface area contributed by atoms with Gasteiger partial charge >= 0.3 is 0 Å². The average molecular weight is 327 g/mol. The molecule has 1 fully saturated rings. The quantitative estimate of drug-likeness (QED) is 0.922. The Morgan fingerprint density at radius 3 is 2.79 bits per heavy atom. The van der Waals surface area contributed by atoms with Gasteiger partial charge < -0.3 is 15.0 Å². The summed E-state index contributed by atoms with van der Waals surface area (Å²) >= 11 is 3.67. The van der Waals surface area contributed by atoms with Crippen molar-refractivity contribution in [3.8, 4) is 5.75 Å². The smallest absolute Gasteiger partial charge is 0.121 e. The maximum atomic E-state index is 5.36. The van der Waals surface area contributed by atoms with Crippen LogP contribution in [0.1, 0.15) is 20.8 Å². The summed E-state index contributed by atoms with van der Waals surface area (Å²) < 4.78 is 6.49. The molecule has 2 rings (SSSR count). The van der Waals surface area contributed by atoms with E-state index in [9.17, 15) is 0 Å². The number of ether oxygens (including phenoxy) is 1. The molecule has 0 bridgehead atoms. The molecule has 3 nitrogen and oxygen atoms in total. The van der Waals surface area contributed by atoms with Crippen molar-refractivity contribution >= 4 is 21.6 Å². The summed E-state index contributed by atoms with van der Waals surface area (Å²) in [5.74, 6) is 1.52. The predicted octanol–water partition coefficient (Wildman–Crippen LogP) is 3.28. The van der Waals surface area contributed by atoms with Gasteiger partial charge in [0.05, 0.1) is 12.8 Å². The Labute approximate surface area is 124 Å². The van der Waals surface area contributed by atoms with Gasteiger partial charge in [-0.25, -0.2) is 0 Å². The average Bonchev–Trinajstić information content (AvgIpc) is 2.38. The minimum atomic E-state index is 0.508. The van der Waals surface area contributed by atoms with E-state index < -0.39 is 0 Å². The first-order valence-electron chi connectivity index (χ1n) is 6.86. The molecule has 0 aliphatic carbocycles. The van der Waals surface area contributed by atoms with E-state index in [1.807, 2.05) is 6.07 Å². The highest BCUT2D eigenvalue weighted by Crippen LogP contribution is 2.34. The Balaban J connectivity index is 2.35. The van der Waals surface area contributed by atoms with Crippen molar-refractivity contribution < 1.29 is 4.74 Å². The van der Waals surface area contributed by atoms with E-state index in [2.05, 4.69) is 59.1 Å². The second-order valence-electron chi connectivity index (χ2n) is 5.59. The minimum absolute atomic E-state index is 0.508. The molecule has 1 aromatic rings. The highest BCUT2D eigenvalue weighted by atomic mass is 79.9. The van der Waals surface area contributed by atoms with E-state index in [1.165, 1.54) is 5.69 Å². The molecule has 1 aliphatic rings. The van der Waals surface area contributed by atoms with Gasteiger partial charge in [0.15, 0.2) is 0 Å². The lowest BCUT2D eigenvalue weighted by Gasteiger charge is -2.43. The summed E-state index contributed by atoms with van der Waals surface area (Å²) in [5.41, 5.74) is 1.23. The first kappa shape index (κ1) is 14.7. The molecule has 0 amide bonds. The Morgan fingerprint density at radius 1 is 1.42 bits per heavy atom. The molecule has 1 aromatic carbocycles. The molecule has 0 aromatic heterocycles. The van der Waals surface area contributed by atoms with E-state index in [0.29, 0.717) is 18.0 Å². The van der Waals surface area contributed by atoms with E-state index >= 15 is 0 Å². The third-order valence-electron chi connectivity index (χ3n) is 3.78. The number of halogens is 1. The summed E-state index contributed by atoms with van der Waals surface area (Å²) in [7, 11) is 1.72. The first-order valence-corrected chi connectivity index (χ1v) is 7.65. The summed E-state index contributed by atoms with van der Waals surface area (Å²) in [6.07, 6.45) is 0. The highest BCUT2D eigenvalue weighted by Gasteiger charge is 2.29. The van der Waals surface area contributed by atoms with Crippen LogP contribution in [0.4, 0.5) is 5.69 Å². The van der Waals surface area contributed by atoms with Gasteiger partial charge in [-0.15, -0.1) is 0 Å². The summed E-state index contributed by atoms with van der Waals surface area (Å²) in [6, 6.07) is 7.20. The van der Waals surface area contributed by atoms with E-state index in [0.717, 1.165) is 23.3 Å². The van der Waals surface area contributed by atoms with Crippen LogP contribution in [0.5, 0.6) is 5.75 Å².